The van der Waals surface area contributed by atoms with Gasteiger partial charge in [0, 0.05) is 32.6 Å². The van der Waals surface area contributed by atoms with E-state index in [2.05, 4.69) is 11.9 Å². The minimum Gasteiger partial charge on any atom is -0.383 e. The van der Waals surface area contributed by atoms with Gasteiger partial charge in [0.05, 0.1) is 0 Å². The third-order valence-electron chi connectivity index (χ3n) is 2.14. The SMILES string of the molecule is CCCc1ccnc(C(=O)/C=C/N(C)C)c1. The summed E-state index contributed by atoms with van der Waals surface area (Å²) in [6.07, 6.45) is 7.03. The predicted octanol–water partition coefficient (Wildman–Crippen LogP) is 2.29. The average molecular weight is 218 g/mol. The summed E-state index contributed by atoms with van der Waals surface area (Å²) in [5, 5.41) is 0. The van der Waals surface area contributed by atoms with Crippen molar-refractivity contribution in [2.45, 2.75) is 19.8 Å². The Labute approximate surface area is 96.8 Å². The van der Waals surface area contributed by atoms with Gasteiger partial charge in [-0.25, -0.2) is 0 Å². The van der Waals surface area contributed by atoms with E-state index in [9.17, 15) is 4.79 Å². The molecule has 1 rings (SSSR count). The first-order chi connectivity index (χ1) is 7.63. The lowest BCUT2D eigenvalue weighted by molar-refractivity contribution is 0.104. The average Bonchev–Trinajstić information content (AvgIpc) is 2.26. The maximum Gasteiger partial charge on any atom is 0.205 e. The highest BCUT2D eigenvalue weighted by molar-refractivity contribution is 6.02. The molecule has 1 aromatic heterocycles. The number of carbonyl (C=O) groups excluding carboxylic acids is 1. The van der Waals surface area contributed by atoms with E-state index in [-0.39, 0.29) is 5.78 Å². The van der Waals surface area contributed by atoms with Crippen molar-refractivity contribution in [2.24, 2.45) is 0 Å². The van der Waals surface area contributed by atoms with Crippen molar-refractivity contribution in [1.82, 2.24) is 9.88 Å². The minimum absolute atomic E-state index is 0.0494. The van der Waals surface area contributed by atoms with Crippen molar-refractivity contribution in [3.05, 3.63) is 41.9 Å². The van der Waals surface area contributed by atoms with Gasteiger partial charge in [-0.2, -0.15) is 0 Å². The van der Waals surface area contributed by atoms with Crippen LogP contribution in [0.3, 0.4) is 0 Å². The molecule has 0 atom stereocenters. The fraction of sp³-hybridized carbons (Fsp3) is 0.385. The Morgan fingerprint density at radius 3 is 2.88 bits per heavy atom. The van der Waals surface area contributed by atoms with Gasteiger partial charge < -0.3 is 4.90 Å². The predicted molar refractivity (Wildman–Crippen MR) is 65.4 cm³/mol. The number of ketones is 1. The Bertz CT molecular complexity index is 383. The zero-order chi connectivity index (χ0) is 12.0. The summed E-state index contributed by atoms with van der Waals surface area (Å²) in [5.74, 6) is -0.0494. The zero-order valence-corrected chi connectivity index (χ0v) is 10.1. The second-order valence-corrected chi connectivity index (χ2v) is 3.94. The number of nitrogens with zero attached hydrogens (tertiary/aromatic N) is 2. The molecule has 16 heavy (non-hydrogen) atoms. The molecule has 0 aliphatic rings. The number of aromatic nitrogens is 1. The molecule has 3 nitrogen and oxygen atoms in total. The summed E-state index contributed by atoms with van der Waals surface area (Å²) in [5.41, 5.74) is 1.68. The Balaban J connectivity index is 2.79. The molecule has 0 unspecified atom stereocenters. The summed E-state index contributed by atoms with van der Waals surface area (Å²) in [6.45, 7) is 2.12. The molecule has 0 saturated carbocycles. The number of carbonyl (C=O) groups is 1. The van der Waals surface area contributed by atoms with E-state index >= 15 is 0 Å². The van der Waals surface area contributed by atoms with Crippen molar-refractivity contribution < 1.29 is 4.79 Å². The Morgan fingerprint density at radius 1 is 1.50 bits per heavy atom. The van der Waals surface area contributed by atoms with Crippen molar-refractivity contribution in [2.75, 3.05) is 14.1 Å². The molecule has 3 heteroatoms. The first-order valence-electron chi connectivity index (χ1n) is 5.47. The quantitative estimate of drug-likeness (QED) is 0.561. The Hall–Kier alpha value is -1.64. The molecular formula is C13H18N2O. The standard InChI is InChI=1S/C13H18N2O/c1-4-5-11-6-8-14-12(10-11)13(16)7-9-15(2)3/h6-10H,4-5H2,1-3H3/b9-7+. The van der Waals surface area contributed by atoms with Crippen LogP contribution in [-0.2, 0) is 6.42 Å². The van der Waals surface area contributed by atoms with Gasteiger partial charge in [0.15, 0.2) is 0 Å². The van der Waals surface area contributed by atoms with Crippen molar-refractivity contribution >= 4 is 5.78 Å². The molecule has 0 bridgehead atoms. The van der Waals surface area contributed by atoms with E-state index < -0.39 is 0 Å². The van der Waals surface area contributed by atoms with E-state index in [0.29, 0.717) is 5.69 Å². The van der Waals surface area contributed by atoms with Gasteiger partial charge >= 0.3 is 0 Å². The monoisotopic (exact) mass is 218 g/mol. The smallest absolute Gasteiger partial charge is 0.205 e. The van der Waals surface area contributed by atoms with Crippen molar-refractivity contribution in [3.63, 3.8) is 0 Å². The van der Waals surface area contributed by atoms with Crippen LogP contribution in [0.2, 0.25) is 0 Å². The first kappa shape index (κ1) is 12.4. The number of hydrogen-bond donors (Lipinski definition) is 0. The topological polar surface area (TPSA) is 33.2 Å². The van der Waals surface area contributed by atoms with Crippen LogP contribution in [0.15, 0.2) is 30.6 Å². The lowest BCUT2D eigenvalue weighted by atomic mass is 10.1. The van der Waals surface area contributed by atoms with Crippen LogP contribution < -0.4 is 0 Å². The van der Waals surface area contributed by atoms with Crippen LogP contribution >= 0.6 is 0 Å². The van der Waals surface area contributed by atoms with Crippen LogP contribution in [-0.4, -0.2) is 29.8 Å². The number of rotatable bonds is 5. The molecule has 0 spiro atoms. The zero-order valence-electron chi connectivity index (χ0n) is 10.1. The van der Waals surface area contributed by atoms with Gasteiger partial charge in [-0.3, -0.25) is 9.78 Å². The lowest BCUT2D eigenvalue weighted by Crippen LogP contribution is -2.04. The van der Waals surface area contributed by atoms with E-state index in [1.165, 1.54) is 11.6 Å². The van der Waals surface area contributed by atoms with Crippen LogP contribution in [0.25, 0.3) is 0 Å². The molecule has 1 aromatic rings. The molecule has 0 N–H and O–H groups in total. The summed E-state index contributed by atoms with van der Waals surface area (Å²) in [6, 6.07) is 3.82. The normalized spacial score (nSPS) is 10.7. The summed E-state index contributed by atoms with van der Waals surface area (Å²) in [4.78, 5) is 17.6. The summed E-state index contributed by atoms with van der Waals surface area (Å²) in [7, 11) is 3.76. The van der Waals surface area contributed by atoms with E-state index in [0.717, 1.165) is 12.8 Å². The maximum absolute atomic E-state index is 11.7. The summed E-state index contributed by atoms with van der Waals surface area (Å²) >= 11 is 0. The van der Waals surface area contributed by atoms with Crippen LogP contribution in [0.1, 0.15) is 29.4 Å². The maximum atomic E-state index is 11.7. The lowest BCUT2D eigenvalue weighted by Gasteiger charge is -2.03. The Kier molecular flexibility index (Phi) is 4.70. The third-order valence-corrected chi connectivity index (χ3v) is 2.14. The van der Waals surface area contributed by atoms with Crippen molar-refractivity contribution in [1.29, 1.82) is 0 Å². The number of aryl methyl sites for hydroxylation is 1. The fourth-order valence-corrected chi connectivity index (χ4v) is 1.36. The van der Waals surface area contributed by atoms with E-state index in [4.69, 9.17) is 0 Å². The molecule has 0 aliphatic heterocycles. The second kappa shape index (κ2) is 6.05. The van der Waals surface area contributed by atoms with Gasteiger partial charge in [-0.15, -0.1) is 0 Å². The highest BCUT2D eigenvalue weighted by atomic mass is 16.1. The number of allylic oxidation sites excluding steroid dienone is 1. The molecule has 1 heterocycles. The molecule has 0 amide bonds. The van der Waals surface area contributed by atoms with E-state index in [1.807, 2.05) is 31.1 Å². The molecule has 0 aliphatic carbocycles. The molecular weight excluding hydrogens is 200 g/mol. The van der Waals surface area contributed by atoms with Crippen LogP contribution in [0.4, 0.5) is 0 Å². The van der Waals surface area contributed by atoms with Crippen molar-refractivity contribution in [3.8, 4) is 0 Å². The van der Waals surface area contributed by atoms with Gasteiger partial charge in [0.1, 0.15) is 5.69 Å². The first-order valence-corrected chi connectivity index (χ1v) is 5.47. The van der Waals surface area contributed by atoms with Crippen LogP contribution in [0.5, 0.6) is 0 Å². The van der Waals surface area contributed by atoms with Gasteiger partial charge in [-0.1, -0.05) is 13.3 Å². The largest absolute Gasteiger partial charge is 0.383 e. The molecule has 0 saturated heterocycles. The molecule has 0 aromatic carbocycles. The summed E-state index contributed by atoms with van der Waals surface area (Å²) < 4.78 is 0. The van der Waals surface area contributed by atoms with E-state index in [1.54, 1.807) is 12.4 Å². The Morgan fingerprint density at radius 2 is 2.25 bits per heavy atom. The minimum atomic E-state index is -0.0494. The number of pyridine rings is 1. The molecule has 0 fully saturated rings. The second-order valence-electron chi connectivity index (χ2n) is 3.94. The number of hydrogen-bond acceptors (Lipinski definition) is 3. The van der Waals surface area contributed by atoms with Gasteiger partial charge in [0.25, 0.3) is 0 Å². The highest BCUT2D eigenvalue weighted by Crippen LogP contribution is 2.06. The molecule has 86 valence electrons. The fourth-order valence-electron chi connectivity index (χ4n) is 1.36. The highest BCUT2D eigenvalue weighted by Gasteiger charge is 2.04. The van der Waals surface area contributed by atoms with Crippen LogP contribution in [0, 0.1) is 0 Å². The van der Waals surface area contributed by atoms with Gasteiger partial charge in [-0.05, 0) is 24.1 Å². The molecule has 0 radical (unpaired) electrons. The van der Waals surface area contributed by atoms with Gasteiger partial charge in [0.2, 0.25) is 5.78 Å². The third kappa shape index (κ3) is 3.85.